The molecule has 0 saturated carbocycles. The number of halogens is 1. The average molecular weight is 663 g/mol. The molecule has 0 bridgehead atoms. The third kappa shape index (κ3) is 9.35. The minimum Gasteiger partial charge on any atom is -0.451 e. The zero-order valence-corrected chi connectivity index (χ0v) is 29.9. The lowest BCUT2D eigenvalue weighted by Crippen LogP contribution is -2.68. The molecule has 246 valence electrons. The van der Waals surface area contributed by atoms with Crippen LogP contribution in [0.5, 0.6) is 0 Å². The number of carbonyl (C=O) groups excluding carboxylic acids is 3. The van der Waals surface area contributed by atoms with E-state index in [0.29, 0.717) is 28.0 Å². The van der Waals surface area contributed by atoms with Gasteiger partial charge in [-0.25, -0.2) is 0 Å². The van der Waals surface area contributed by atoms with Crippen LogP contribution in [-0.2, 0) is 9.59 Å². The molecule has 0 saturated heterocycles. The molecule has 2 rings (SSSR count). The first kappa shape index (κ1) is 41.1. The summed E-state index contributed by atoms with van der Waals surface area (Å²) in [6.45, 7) is 16.2. The van der Waals surface area contributed by atoms with Crippen molar-refractivity contribution < 1.29 is 23.9 Å². The van der Waals surface area contributed by atoms with Gasteiger partial charge in [0, 0.05) is 28.0 Å². The topological polar surface area (TPSA) is 103 Å². The second kappa shape index (κ2) is 16.6. The second-order valence-corrected chi connectivity index (χ2v) is 12.9. The third-order valence-electron chi connectivity index (χ3n) is 8.93. The fraction of sp³-hybridized carbons (Fsp3) is 0.500. The maximum atomic E-state index is 14.7. The van der Waals surface area contributed by atoms with Gasteiger partial charge in [-0.15, -0.1) is 0 Å². The number of carbonyl (C=O) groups is 3. The summed E-state index contributed by atoms with van der Waals surface area (Å²) in [6, 6.07) is 4.97. The number of nitrogens with one attached hydrogen (secondary N) is 1. The number of benzene rings is 1. The van der Waals surface area contributed by atoms with Gasteiger partial charge in [0.15, 0.2) is 5.76 Å². The summed E-state index contributed by atoms with van der Waals surface area (Å²) < 4.78 is 6.13. The van der Waals surface area contributed by atoms with Crippen LogP contribution in [0.4, 0.5) is 0 Å². The Hall–Kier alpha value is -3.04. The molecule has 1 heterocycles. The average Bonchev–Trinajstić information content (AvgIpc) is 3.38. The van der Waals surface area contributed by atoms with Crippen LogP contribution in [0.3, 0.4) is 0 Å². The largest absolute Gasteiger partial charge is 0.451 e. The Labute approximate surface area is 297 Å². The van der Waals surface area contributed by atoms with E-state index in [1.165, 1.54) is 6.92 Å². The monoisotopic (exact) mass is 663 g/mol. The molecule has 2 N–H and O–H groups in total. The van der Waals surface area contributed by atoms with Crippen LogP contribution in [0, 0.1) is 5.92 Å². The van der Waals surface area contributed by atoms with E-state index in [1.54, 1.807) is 31.2 Å². The van der Waals surface area contributed by atoms with Gasteiger partial charge < -0.3 is 24.6 Å². The Morgan fingerprint density at radius 3 is 2.23 bits per heavy atom. The molecule has 14 heteroatoms. The Morgan fingerprint density at radius 2 is 1.73 bits per heavy atom. The lowest BCUT2D eigenvalue weighted by molar-refractivity contribution is -0.143. The van der Waals surface area contributed by atoms with Crippen LogP contribution in [-0.4, -0.2) is 101 Å². The minimum atomic E-state index is -2.92. The SMILES string of the molecule is [B]C([B])([B])N(C(=O)CN(C(=O)c1oc2ccc(Cl)cc2c1C(C)CC)C(C)(CC)C(=O)NC/C(=C(C)/C=C\C=C)C(C)CC)C([B])([B])O. The van der Waals surface area contributed by atoms with Crippen molar-refractivity contribution in [1.82, 2.24) is 15.1 Å². The van der Waals surface area contributed by atoms with Crippen molar-refractivity contribution in [2.45, 2.75) is 89.9 Å². The van der Waals surface area contributed by atoms with Crippen LogP contribution in [0.15, 0.2) is 58.6 Å². The lowest BCUT2D eigenvalue weighted by atomic mass is 9.46. The van der Waals surface area contributed by atoms with E-state index >= 15 is 0 Å². The number of amides is 3. The highest BCUT2D eigenvalue weighted by atomic mass is 35.5. The molecule has 48 heavy (non-hydrogen) atoms. The first-order chi connectivity index (χ1) is 22.2. The molecule has 0 spiro atoms. The molecular formula is C34H43B5ClN3O5. The smallest absolute Gasteiger partial charge is 0.291 e. The molecule has 3 atom stereocenters. The van der Waals surface area contributed by atoms with Gasteiger partial charge in [-0.3, -0.25) is 14.4 Å². The van der Waals surface area contributed by atoms with Crippen molar-refractivity contribution in [2.24, 2.45) is 5.92 Å². The standard InChI is InChI=1S/C34H43B5ClN3O5/c1-9-13-14-22(7)25(20(5)10-2)18-41-31(46)32(8,12-4)42(19-27(44)43(33(35,36)37)34(38,39)47)30(45)29-28(21(6)11-3)24-17-23(40)15-16-26(24)48-29/h9,13-17,20-21,47H,1,10-12,18-19H2,2-8H3,(H,41,46)/b14-13-,25-22-. The molecule has 3 unspecified atom stereocenters. The van der Waals surface area contributed by atoms with E-state index in [1.807, 2.05) is 39.8 Å². The van der Waals surface area contributed by atoms with Crippen molar-refractivity contribution in [3.8, 4) is 0 Å². The summed E-state index contributed by atoms with van der Waals surface area (Å²) in [4.78, 5) is 44.1. The normalized spacial score (nSPS) is 15.4. The number of hydrogen-bond donors (Lipinski definition) is 2. The number of allylic oxidation sites excluding steroid dienone is 4. The van der Waals surface area contributed by atoms with E-state index in [9.17, 15) is 19.5 Å². The Bertz CT molecular complexity index is 1550. The highest BCUT2D eigenvalue weighted by molar-refractivity contribution is 6.60. The maximum Gasteiger partial charge on any atom is 0.291 e. The predicted octanol–water partition coefficient (Wildman–Crippen LogP) is 4.32. The fourth-order valence-corrected chi connectivity index (χ4v) is 5.75. The molecule has 0 fully saturated rings. The van der Waals surface area contributed by atoms with Gasteiger partial charge in [0.2, 0.25) is 11.8 Å². The van der Waals surface area contributed by atoms with Gasteiger partial charge in [0.05, 0.1) is 23.5 Å². The third-order valence-corrected chi connectivity index (χ3v) is 9.17. The number of rotatable bonds is 16. The van der Waals surface area contributed by atoms with E-state index in [0.717, 1.165) is 22.5 Å². The number of hydrogen-bond acceptors (Lipinski definition) is 5. The predicted molar refractivity (Wildman–Crippen MR) is 197 cm³/mol. The zero-order chi connectivity index (χ0) is 36.8. The second-order valence-electron chi connectivity index (χ2n) is 12.5. The van der Waals surface area contributed by atoms with Crippen LogP contribution < -0.4 is 5.32 Å². The molecule has 2 aromatic rings. The molecule has 1 aromatic carbocycles. The van der Waals surface area contributed by atoms with E-state index in [4.69, 9.17) is 55.2 Å². The molecule has 10 radical (unpaired) electrons. The van der Waals surface area contributed by atoms with Gasteiger partial charge in [0.25, 0.3) is 5.91 Å². The number of fused-ring (bicyclic) bond motifs is 1. The quantitative estimate of drug-likeness (QED) is 0.158. The Balaban J connectivity index is 2.80. The molecule has 3 amide bonds. The van der Waals surface area contributed by atoms with E-state index in [2.05, 4.69) is 18.8 Å². The number of aliphatic hydroxyl groups is 1. The highest BCUT2D eigenvalue weighted by Crippen LogP contribution is 2.37. The highest BCUT2D eigenvalue weighted by Gasteiger charge is 2.46. The summed E-state index contributed by atoms with van der Waals surface area (Å²) in [6.07, 6.45) is 6.88. The minimum absolute atomic E-state index is 0.0504. The summed E-state index contributed by atoms with van der Waals surface area (Å²) >= 11 is 6.32. The van der Waals surface area contributed by atoms with Crippen molar-refractivity contribution in [2.75, 3.05) is 13.1 Å². The van der Waals surface area contributed by atoms with Crippen molar-refractivity contribution in [3.05, 3.63) is 70.5 Å². The van der Waals surface area contributed by atoms with Gasteiger partial charge in [-0.05, 0) is 74.3 Å². The Kier molecular flexibility index (Phi) is 14.2. The zero-order valence-electron chi connectivity index (χ0n) is 29.1. The molecule has 0 aliphatic rings. The lowest BCUT2D eigenvalue weighted by Gasteiger charge is -2.48. The molecule has 1 aromatic heterocycles. The number of furan rings is 1. The summed E-state index contributed by atoms with van der Waals surface area (Å²) in [7, 11) is 28.6. The summed E-state index contributed by atoms with van der Waals surface area (Å²) in [5.74, 6) is -2.63. The van der Waals surface area contributed by atoms with E-state index in [-0.39, 0.29) is 35.5 Å². The van der Waals surface area contributed by atoms with Crippen LogP contribution in [0.2, 0.25) is 5.02 Å². The number of nitrogens with zero attached hydrogens (tertiary/aromatic N) is 2. The first-order valence-electron chi connectivity index (χ1n) is 16.0. The van der Waals surface area contributed by atoms with Crippen LogP contribution in [0.1, 0.15) is 89.8 Å². The summed E-state index contributed by atoms with van der Waals surface area (Å²) in [5.41, 5.74) is -1.71. The van der Waals surface area contributed by atoms with Gasteiger partial charge in [0.1, 0.15) is 33.4 Å². The van der Waals surface area contributed by atoms with Crippen molar-refractivity contribution >= 4 is 79.5 Å². The van der Waals surface area contributed by atoms with Crippen LogP contribution in [0.25, 0.3) is 11.0 Å². The van der Waals surface area contributed by atoms with Crippen molar-refractivity contribution in [1.29, 1.82) is 0 Å². The molecule has 0 aliphatic heterocycles. The van der Waals surface area contributed by atoms with Gasteiger partial charge >= 0.3 is 0 Å². The molecule has 0 aliphatic carbocycles. The summed E-state index contributed by atoms with van der Waals surface area (Å²) in [5, 5.41) is 11.9. The Morgan fingerprint density at radius 1 is 1.10 bits per heavy atom. The van der Waals surface area contributed by atoms with Crippen LogP contribution >= 0.6 is 11.6 Å². The first-order valence-corrected chi connectivity index (χ1v) is 16.4. The fourth-order valence-electron chi connectivity index (χ4n) is 5.57. The molecular weight excluding hydrogens is 620 g/mol. The van der Waals surface area contributed by atoms with Crippen molar-refractivity contribution in [3.63, 3.8) is 0 Å². The van der Waals surface area contributed by atoms with Gasteiger partial charge in [-0.2, -0.15) is 0 Å². The maximum absolute atomic E-state index is 14.7. The van der Waals surface area contributed by atoms with E-state index < -0.39 is 40.6 Å². The van der Waals surface area contributed by atoms with Gasteiger partial charge in [-0.1, -0.05) is 76.3 Å². The molecule has 8 nitrogen and oxygen atoms in total.